The highest BCUT2D eigenvalue weighted by Gasteiger charge is 2.30. The first kappa shape index (κ1) is 21.0. The molecule has 32 heavy (non-hydrogen) atoms. The molecule has 1 saturated carbocycles. The first-order chi connectivity index (χ1) is 15.8. The fourth-order valence-corrected chi connectivity index (χ4v) is 5.33. The van der Waals surface area contributed by atoms with E-state index in [1.165, 1.54) is 37.6 Å². The van der Waals surface area contributed by atoms with Crippen LogP contribution in [0.1, 0.15) is 56.7 Å². The molecule has 5 rings (SSSR count). The minimum atomic E-state index is 0.00657. The van der Waals surface area contributed by atoms with Crippen molar-refractivity contribution in [2.75, 3.05) is 24.5 Å². The number of imidazole rings is 1. The summed E-state index contributed by atoms with van der Waals surface area (Å²) >= 11 is 0. The standard InChI is InChI=1S/C26H33N5O/c32-25(28-17-15-21-10-6-7-16-27-21)20-9-8-18-30(19-20)26-29-23-13-4-5-14-24(23)31(26)22-11-2-1-3-12-22/h4-7,10,13-14,16,20,22H,1-3,8-9,11-12,15,17-19H2,(H,28,32)/t20-/m0/s1. The largest absolute Gasteiger partial charge is 0.355 e. The minimum absolute atomic E-state index is 0.00657. The quantitative estimate of drug-likeness (QED) is 0.624. The van der Waals surface area contributed by atoms with E-state index in [9.17, 15) is 4.79 Å². The molecule has 3 heterocycles. The lowest BCUT2D eigenvalue weighted by atomic mass is 9.95. The number of hydrogen-bond donors (Lipinski definition) is 1. The lowest BCUT2D eigenvalue weighted by molar-refractivity contribution is -0.125. The zero-order chi connectivity index (χ0) is 21.8. The molecule has 1 aliphatic heterocycles. The number of piperidine rings is 1. The summed E-state index contributed by atoms with van der Waals surface area (Å²) in [5.74, 6) is 1.22. The van der Waals surface area contributed by atoms with Gasteiger partial charge in [0.1, 0.15) is 0 Å². The van der Waals surface area contributed by atoms with Crippen molar-refractivity contribution in [1.29, 1.82) is 0 Å². The van der Waals surface area contributed by atoms with Crippen molar-refractivity contribution in [3.05, 3.63) is 54.4 Å². The van der Waals surface area contributed by atoms with Crippen LogP contribution in [0.4, 0.5) is 5.95 Å². The number of carbonyl (C=O) groups excluding carboxylic acids is 1. The Hall–Kier alpha value is -2.89. The molecule has 1 atom stereocenters. The first-order valence-electron chi connectivity index (χ1n) is 12.2. The van der Waals surface area contributed by atoms with Crippen LogP contribution in [-0.2, 0) is 11.2 Å². The van der Waals surface area contributed by atoms with E-state index >= 15 is 0 Å². The molecule has 1 saturated heterocycles. The third-order valence-corrected chi connectivity index (χ3v) is 7.00. The van der Waals surface area contributed by atoms with Crippen LogP contribution < -0.4 is 10.2 Å². The fourth-order valence-electron chi connectivity index (χ4n) is 5.33. The van der Waals surface area contributed by atoms with Crippen LogP contribution in [0.2, 0.25) is 0 Å². The molecule has 2 fully saturated rings. The Bertz CT molecular complexity index is 1040. The zero-order valence-electron chi connectivity index (χ0n) is 18.7. The summed E-state index contributed by atoms with van der Waals surface area (Å²) in [5.41, 5.74) is 3.31. The molecular formula is C26H33N5O. The number of aromatic nitrogens is 3. The summed E-state index contributed by atoms with van der Waals surface area (Å²) in [6.45, 7) is 2.34. The van der Waals surface area contributed by atoms with E-state index in [0.29, 0.717) is 12.6 Å². The van der Waals surface area contributed by atoms with Crippen molar-refractivity contribution in [1.82, 2.24) is 19.9 Å². The number of pyridine rings is 1. The number of carbonyl (C=O) groups is 1. The summed E-state index contributed by atoms with van der Waals surface area (Å²) < 4.78 is 2.48. The highest BCUT2D eigenvalue weighted by Crippen LogP contribution is 2.36. The Labute approximate surface area is 190 Å². The molecule has 6 nitrogen and oxygen atoms in total. The van der Waals surface area contributed by atoms with Gasteiger partial charge in [-0.05, 0) is 49.9 Å². The average Bonchev–Trinajstić information content (AvgIpc) is 3.25. The van der Waals surface area contributed by atoms with Gasteiger partial charge in [0.25, 0.3) is 0 Å². The van der Waals surface area contributed by atoms with Gasteiger partial charge in [0.15, 0.2) is 0 Å². The van der Waals surface area contributed by atoms with Crippen LogP contribution in [0, 0.1) is 5.92 Å². The van der Waals surface area contributed by atoms with Crippen LogP contribution in [0.5, 0.6) is 0 Å². The number of anilines is 1. The Morgan fingerprint density at radius 2 is 1.84 bits per heavy atom. The van der Waals surface area contributed by atoms with Gasteiger partial charge >= 0.3 is 0 Å². The van der Waals surface area contributed by atoms with Crippen molar-refractivity contribution in [2.24, 2.45) is 5.92 Å². The van der Waals surface area contributed by atoms with Crippen LogP contribution in [0.3, 0.4) is 0 Å². The van der Waals surface area contributed by atoms with Gasteiger partial charge in [-0.15, -0.1) is 0 Å². The number of nitrogens with zero attached hydrogens (tertiary/aromatic N) is 4. The van der Waals surface area contributed by atoms with E-state index in [4.69, 9.17) is 4.98 Å². The van der Waals surface area contributed by atoms with Gasteiger partial charge in [-0.2, -0.15) is 0 Å². The maximum atomic E-state index is 12.9. The van der Waals surface area contributed by atoms with Gasteiger partial charge in [0.05, 0.1) is 17.0 Å². The minimum Gasteiger partial charge on any atom is -0.355 e. The van der Waals surface area contributed by atoms with E-state index in [1.807, 2.05) is 18.2 Å². The summed E-state index contributed by atoms with van der Waals surface area (Å²) in [4.78, 5) is 24.7. The predicted molar refractivity (Wildman–Crippen MR) is 128 cm³/mol. The number of nitrogens with one attached hydrogen (secondary N) is 1. The summed E-state index contributed by atoms with van der Waals surface area (Å²) in [6.07, 6.45) is 10.9. The molecular weight excluding hydrogens is 398 g/mol. The van der Waals surface area contributed by atoms with Crippen molar-refractivity contribution in [2.45, 2.75) is 57.4 Å². The van der Waals surface area contributed by atoms with Gasteiger partial charge in [0, 0.05) is 44.0 Å². The lowest BCUT2D eigenvalue weighted by Gasteiger charge is -2.35. The van der Waals surface area contributed by atoms with Crippen LogP contribution >= 0.6 is 0 Å². The number of para-hydroxylation sites is 2. The average molecular weight is 432 g/mol. The Morgan fingerprint density at radius 3 is 2.69 bits per heavy atom. The molecule has 6 heteroatoms. The summed E-state index contributed by atoms with van der Waals surface area (Å²) in [6, 6.07) is 14.9. The smallest absolute Gasteiger partial charge is 0.224 e. The molecule has 0 radical (unpaired) electrons. The Morgan fingerprint density at radius 1 is 1.00 bits per heavy atom. The second kappa shape index (κ2) is 9.72. The molecule has 1 amide bonds. The molecule has 0 unspecified atom stereocenters. The topological polar surface area (TPSA) is 63.1 Å². The molecule has 2 aromatic heterocycles. The Kier molecular flexibility index (Phi) is 6.37. The highest BCUT2D eigenvalue weighted by molar-refractivity contribution is 5.81. The van der Waals surface area contributed by atoms with Crippen molar-refractivity contribution in [3.8, 4) is 0 Å². The zero-order valence-corrected chi connectivity index (χ0v) is 18.7. The Balaban J connectivity index is 1.30. The number of amides is 1. The maximum absolute atomic E-state index is 12.9. The van der Waals surface area contributed by atoms with Crippen molar-refractivity contribution in [3.63, 3.8) is 0 Å². The number of hydrogen-bond acceptors (Lipinski definition) is 4. The SMILES string of the molecule is O=C(NCCc1ccccn1)[C@H]1CCCN(c2nc3ccccc3n2C2CCCCC2)C1. The number of rotatable bonds is 6. The molecule has 1 aliphatic carbocycles. The first-order valence-corrected chi connectivity index (χ1v) is 12.2. The summed E-state index contributed by atoms with van der Waals surface area (Å²) in [5, 5.41) is 3.14. The van der Waals surface area contributed by atoms with E-state index in [0.717, 1.165) is 49.5 Å². The molecule has 168 valence electrons. The predicted octanol–water partition coefficient (Wildman–Crippen LogP) is 4.51. The molecule has 0 bridgehead atoms. The summed E-state index contributed by atoms with van der Waals surface area (Å²) in [7, 11) is 0. The number of fused-ring (bicyclic) bond motifs is 1. The van der Waals surface area contributed by atoms with Gasteiger partial charge in [-0.3, -0.25) is 9.78 Å². The third-order valence-electron chi connectivity index (χ3n) is 7.00. The van der Waals surface area contributed by atoms with Crippen LogP contribution in [0.15, 0.2) is 48.7 Å². The van der Waals surface area contributed by atoms with Gasteiger partial charge in [0.2, 0.25) is 11.9 Å². The molecule has 0 spiro atoms. The molecule has 2 aliphatic rings. The normalized spacial score (nSPS) is 19.9. The van der Waals surface area contributed by atoms with E-state index in [-0.39, 0.29) is 11.8 Å². The monoisotopic (exact) mass is 431 g/mol. The molecule has 1 aromatic carbocycles. The number of benzene rings is 1. The van der Waals surface area contributed by atoms with Gasteiger partial charge in [-0.25, -0.2) is 4.98 Å². The second-order valence-electron chi connectivity index (χ2n) is 9.21. The second-order valence-corrected chi connectivity index (χ2v) is 9.21. The van der Waals surface area contributed by atoms with Crippen molar-refractivity contribution >= 4 is 22.9 Å². The van der Waals surface area contributed by atoms with E-state index in [2.05, 4.69) is 44.0 Å². The van der Waals surface area contributed by atoms with E-state index in [1.54, 1.807) is 6.20 Å². The van der Waals surface area contributed by atoms with Crippen LogP contribution in [0.25, 0.3) is 11.0 Å². The fraction of sp³-hybridized carbons (Fsp3) is 0.500. The maximum Gasteiger partial charge on any atom is 0.224 e. The van der Waals surface area contributed by atoms with Crippen molar-refractivity contribution < 1.29 is 4.79 Å². The molecule has 1 N–H and O–H groups in total. The van der Waals surface area contributed by atoms with Gasteiger partial charge < -0.3 is 14.8 Å². The molecule has 3 aromatic rings. The van der Waals surface area contributed by atoms with Crippen LogP contribution in [-0.4, -0.2) is 40.1 Å². The highest BCUT2D eigenvalue weighted by atomic mass is 16.1. The third kappa shape index (κ3) is 4.50. The van der Waals surface area contributed by atoms with E-state index < -0.39 is 0 Å². The van der Waals surface area contributed by atoms with Gasteiger partial charge in [-0.1, -0.05) is 37.5 Å². The lowest BCUT2D eigenvalue weighted by Crippen LogP contribution is -2.44.